The van der Waals surface area contributed by atoms with Crippen LogP contribution in [0.2, 0.25) is 0 Å². The Bertz CT molecular complexity index is 5300. The van der Waals surface area contributed by atoms with E-state index in [-0.39, 0.29) is 84.4 Å². The Morgan fingerprint density at radius 2 is 0.686 bits per heavy atom. The topological polar surface area (TPSA) is 412 Å². The first-order chi connectivity index (χ1) is 62.9. The summed E-state index contributed by atoms with van der Waals surface area (Å²) in [5.41, 5.74) is 40.3. The van der Waals surface area contributed by atoms with Crippen LogP contribution >= 0.6 is 0 Å². The number of nitrogens with two attached hydrogens (primary N) is 4. The number of aromatic amines is 1. The lowest BCUT2D eigenvalue weighted by Crippen LogP contribution is -2.17. The second-order valence-corrected chi connectivity index (χ2v) is 42.8. The summed E-state index contributed by atoms with van der Waals surface area (Å²) in [5.74, 6) is -1.17. The molecule has 0 fully saturated rings. The molecule has 0 radical (unpaired) electrons. The third-order valence-electron chi connectivity index (χ3n) is 20.6. The average Bonchev–Trinajstić information content (AvgIpc) is 0.820. The first kappa shape index (κ1) is 122. The number of pyridine rings is 3. The number of nitrogen functional groups attached to an aromatic ring is 3. The second kappa shape index (κ2) is 55.1. The lowest BCUT2D eigenvalue weighted by atomic mass is 9.86. The molecule has 0 atom stereocenters. The van der Waals surface area contributed by atoms with Crippen LogP contribution in [-0.4, -0.2) is 109 Å². The number of hydrogen-bond acceptors (Lipinski definition) is 18. The number of amides is 4. The number of aromatic carboxylic acids is 2. The molecule has 0 saturated carbocycles. The van der Waals surface area contributed by atoms with E-state index in [2.05, 4.69) is 241 Å². The van der Waals surface area contributed by atoms with Gasteiger partial charge in [0.2, 0.25) is 11.5 Å². The van der Waals surface area contributed by atoms with Crippen LogP contribution < -0.4 is 44.4 Å². The summed E-state index contributed by atoms with van der Waals surface area (Å²) in [6, 6.07) is 62.3. The van der Waals surface area contributed by atoms with Crippen molar-refractivity contribution >= 4 is 70.5 Å². The molecule has 10 aromatic rings. The highest BCUT2D eigenvalue weighted by Gasteiger charge is 2.23. The van der Waals surface area contributed by atoms with E-state index in [4.69, 9.17) is 57.4 Å². The van der Waals surface area contributed by atoms with Gasteiger partial charge in [-0.15, -0.1) is 0 Å². The van der Waals surface area contributed by atoms with Crippen LogP contribution in [0.4, 0.5) is 48.8 Å². The predicted molar refractivity (Wildman–Crippen MR) is 562 cm³/mol. The number of anilines is 6. The quantitative estimate of drug-likeness (QED) is 0.0308. The van der Waals surface area contributed by atoms with Crippen LogP contribution in [0.15, 0.2) is 218 Å². The Morgan fingerprint density at radius 1 is 0.365 bits per heavy atom. The minimum atomic E-state index is -0.978. The molecule has 0 unspecified atom stereocenters. The number of aryl methyl sites for hydroxylation is 1. The minimum Gasteiger partial charge on any atom is -0.478 e. The van der Waals surface area contributed by atoms with Crippen LogP contribution in [0.25, 0.3) is 0 Å². The molecule has 0 aliphatic carbocycles. The van der Waals surface area contributed by atoms with Gasteiger partial charge < -0.3 is 61.8 Å². The fraction of sp³-hybridized carbons (Fsp3) is 0.429. The molecule has 25 nitrogen and oxygen atoms in total. The highest BCUT2D eigenvalue weighted by Crippen LogP contribution is 2.32. The van der Waals surface area contributed by atoms with Crippen molar-refractivity contribution in [2.75, 3.05) is 80.9 Å². The Hall–Kier alpha value is -13.2. The van der Waals surface area contributed by atoms with Crippen molar-refractivity contribution < 1.29 is 62.7 Å². The average molecular weight is 1880 g/mol. The molecule has 0 aliphatic rings. The molecule has 10 rings (SSSR count). The molecule has 0 aliphatic heterocycles. The number of ether oxygens (including phenoxy) is 5. The molecule has 0 saturated heterocycles. The molecule has 0 spiro atoms. The van der Waals surface area contributed by atoms with Gasteiger partial charge in [0.15, 0.2) is 0 Å². The summed E-state index contributed by atoms with van der Waals surface area (Å²) in [7, 11) is 4.46. The summed E-state index contributed by atoms with van der Waals surface area (Å²) in [4.78, 5) is 87.5. The number of nitrogens with zero attached hydrogens (tertiary/aromatic N) is 3. The highest BCUT2D eigenvalue weighted by molar-refractivity contribution is 5.94. The normalized spacial score (nSPS) is 11.2. The van der Waals surface area contributed by atoms with Gasteiger partial charge in [0.05, 0.1) is 43.1 Å². The molecule has 14 N–H and O–H groups in total. The van der Waals surface area contributed by atoms with Crippen molar-refractivity contribution in [3.05, 3.63) is 307 Å². The molecule has 4 amide bonds. The smallest absolute Gasteiger partial charge is 0.412 e. The van der Waals surface area contributed by atoms with Gasteiger partial charge in [0.25, 0.3) is 0 Å². The van der Waals surface area contributed by atoms with Crippen molar-refractivity contribution in [3.8, 4) is 6.07 Å². The standard InChI is InChI=1S/C14H21NO3.C13H20N2O3.C12H17NO2.C11H15NO2.C11H15NO.C11H17N.C11H13N.C11H14O2.C9H14N2.C9H13NO/c1-14(2,3)11-5-7-12(8-6-11)15-13(16)18-10-9-17-4;1-13(2,3)10-5-6-11(14-9-10)15-12(16)18-8-7-17-4;1-12(2,3)9-5-7-10(8-6-9)13-11(14)15-4;1-11(2,3)7-4-5-9(12)8(6-7)10(13)14;1-11(2,3)9-6-4-8(5-7-9)10(12)13;1-8-7-9(11(2,3)4)5-6-10(8)12;1-11(2,3)10-6-4-9(8-12)5-7-10;1-11(2,3)9-6-4-8(5-7-9)10(12)13;1-9(2,3)7-4-5-8(10)11-6-7;1-9(2,3)7-4-5-10-8(11)6-7/h5-8H,9-10H2,1-4H3,(H,15,16);5-6,9H,7-8H2,1-4H3,(H,14,15,16);5-8H,1-4H3,(H,13,14);4-6H,12H2,1-3H3,(H,13,14);4-7H,1-3H3,(H2,12,13);5-7H,12H2,1-4H3;4-7H,1-3H3;4-7H,1-3H3,(H,12,13);4-6H,1-3H3,(H2,10,11);4-6H,1-3H3,(H,10,11). The number of aromatic nitrogens is 3. The third-order valence-corrected chi connectivity index (χ3v) is 20.6. The Morgan fingerprint density at radius 3 is 0.993 bits per heavy atom. The van der Waals surface area contributed by atoms with Gasteiger partial charge in [-0.1, -0.05) is 299 Å². The number of hydrogen-bond donors (Lipinski definition) is 10. The van der Waals surface area contributed by atoms with Gasteiger partial charge in [0, 0.05) is 67.2 Å². The summed E-state index contributed by atoms with van der Waals surface area (Å²) in [6.07, 6.45) is 3.83. The zero-order chi connectivity index (χ0) is 105. The first-order valence-electron chi connectivity index (χ1n) is 45.4. The molecule has 25 heteroatoms. The van der Waals surface area contributed by atoms with Crippen molar-refractivity contribution in [1.29, 1.82) is 5.26 Å². The molecule has 7 aromatic carbocycles. The lowest BCUT2D eigenvalue weighted by molar-refractivity contribution is 0.0686. The van der Waals surface area contributed by atoms with Gasteiger partial charge in [-0.25, -0.2) is 33.9 Å². The maximum atomic E-state index is 11.4. The maximum absolute atomic E-state index is 11.4. The van der Waals surface area contributed by atoms with Gasteiger partial charge >= 0.3 is 30.2 Å². The SMILES string of the molecule is CC(C)(C)c1cc[nH]c(=O)c1.CC(C)(C)c1ccc(C#N)cc1.CC(C)(C)c1ccc(C(=O)O)cc1.CC(C)(C)c1ccc(C(N)=O)cc1.CC(C)(C)c1ccc(N)c(C(=O)O)c1.CC(C)(C)c1ccc(N)nc1.COC(=O)Nc1ccc(C(C)(C)C)cc1.COCCOC(=O)Nc1ccc(C(C)(C)C)cc1.COCCOC(=O)Nc1ccc(C(C)(C)C)cn1.Cc1cc(C(C)(C)C)ccc1N. The highest BCUT2D eigenvalue weighted by atomic mass is 16.6. The van der Waals surface area contributed by atoms with Crippen molar-refractivity contribution in [2.24, 2.45) is 5.73 Å². The monoisotopic (exact) mass is 1880 g/mol. The maximum Gasteiger partial charge on any atom is 0.412 e. The number of carbonyl (C=O) groups excluding carboxylic acids is 4. The lowest BCUT2D eigenvalue weighted by Gasteiger charge is -2.19. The number of carboxylic acid groups (broad SMARTS) is 2. The molecule has 3 aromatic heterocycles. The number of carboxylic acids is 2. The van der Waals surface area contributed by atoms with Gasteiger partial charge in [-0.2, -0.15) is 5.26 Å². The largest absolute Gasteiger partial charge is 0.478 e. The number of nitrogens with one attached hydrogen (secondary N) is 4. The van der Waals surface area contributed by atoms with E-state index in [1.165, 1.54) is 46.1 Å². The van der Waals surface area contributed by atoms with Crippen molar-refractivity contribution in [1.82, 2.24) is 15.0 Å². The number of carbonyl (C=O) groups is 6. The third kappa shape index (κ3) is 49.2. The fourth-order valence-electron chi connectivity index (χ4n) is 11.3. The molecule has 3 heterocycles. The van der Waals surface area contributed by atoms with E-state index in [0.29, 0.717) is 41.7 Å². The molecule has 0 bridgehead atoms. The molecular weight excluding hydrogens is 1720 g/mol. The van der Waals surface area contributed by atoms with Crippen LogP contribution in [0, 0.1) is 18.3 Å². The van der Waals surface area contributed by atoms with E-state index >= 15 is 0 Å². The Balaban J connectivity index is 0.000000764. The van der Waals surface area contributed by atoms with E-state index in [1.807, 2.05) is 167 Å². The van der Waals surface area contributed by atoms with E-state index in [1.54, 1.807) is 75.1 Å². The number of nitriles is 1. The zero-order valence-corrected chi connectivity index (χ0v) is 88.0. The van der Waals surface area contributed by atoms with Crippen LogP contribution in [0.3, 0.4) is 0 Å². The Kier molecular flexibility index (Phi) is 49.0. The van der Waals surface area contributed by atoms with E-state index in [0.717, 1.165) is 44.9 Å². The predicted octanol–water partition coefficient (Wildman–Crippen LogP) is 25.3. The summed E-state index contributed by atoms with van der Waals surface area (Å²) in [5, 5.41) is 34.0. The van der Waals surface area contributed by atoms with Gasteiger partial charge in [-0.05, 0) is 219 Å². The molecule has 137 heavy (non-hydrogen) atoms. The van der Waals surface area contributed by atoms with Gasteiger partial charge in [0.1, 0.15) is 24.8 Å². The zero-order valence-electron chi connectivity index (χ0n) is 88.0. The van der Waals surface area contributed by atoms with E-state index < -0.39 is 30.2 Å². The van der Waals surface area contributed by atoms with Crippen LogP contribution in [-0.2, 0) is 77.8 Å². The summed E-state index contributed by atoms with van der Waals surface area (Å²) in [6.45, 7) is 67.1. The van der Waals surface area contributed by atoms with Crippen molar-refractivity contribution in [3.63, 3.8) is 0 Å². The number of methoxy groups -OCH3 is 3. The number of H-pyrrole nitrogens is 1. The number of primary amides is 1. The van der Waals surface area contributed by atoms with Gasteiger partial charge in [-0.3, -0.25) is 25.5 Å². The van der Waals surface area contributed by atoms with Crippen LogP contribution in [0.1, 0.15) is 306 Å². The second-order valence-electron chi connectivity index (χ2n) is 42.8. The minimum absolute atomic E-state index is 0.0302. The van der Waals surface area contributed by atoms with E-state index in [9.17, 15) is 33.6 Å². The molecular formula is C112H159N11O14. The fourth-order valence-corrected chi connectivity index (χ4v) is 11.3. The summed E-state index contributed by atoms with van der Waals surface area (Å²) < 4.78 is 23.8. The first-order valence-corrected chi connectivity index (χ1v) is 45.4. The van der Waals surface area contributed by atoms with Crippen LogP contribution in [0.5, 0.6) is 0 Å². The summed E-state index contributed by atoms with van der Waals surface area (Å²) >= 11 is 0. The number of benzene rings is 7. The molecule has 746 valence electrons. The number of rotatable bonds is 12. The van der Waals surface area contributed by atoms with Crippen molar-refractivity contribution in [2.45, 2.75) is 269 Å². The Labute approximate surface area is 816 Å².